The number of ether oxygens (including phenoxy) is 1. The Balaban J connectivity index is 2.50. The van der Waals surface area contributed by atoms with Gasteiger partial charge in [0.05, 0.1) is 7.11 Å². The van der Waals surface area contributed by atoms with Crippen LogP contribution < -0.4 is 9.64 Å². The second-order valence-corrected chi connectivity index (χ2v) is 3.71. The highest BCUT2D eigenvalue weighted by atomic mass is 16.5. The van der Waals surface area contributed by atoms with Gasteiger partial charge in [-0.25, -0.2) is 9.88 Å². The largest absolute Gasteiger partial charge is 0.481 e. The molecule has 0 radical (unpaired) electrons. The minimum atomic E-state index is -0.964. The van der Waals surface area contributed by atoms with Crippen LogP contribution in [0.15, 0.2) is 11.2 Å². The number of hydrogen-bond donors (Lipinski definition) is 0. The van der Waals surface area contributed by atoms with Crippen molar-refractivity contribution in [3.8, 4) is 5.88 Å². The number of aromatic nitrogens is 2. The SMILES string of the molecule is COc1cc(C(=O)N=[N+]=[N-])nc(N2C(=O)CCC2=O)n1. The lowest BCUT2D eigenvalue weighted by Crippen LogP contribution is -2.31. The Morgan fingerprint density at radius 3 is 2.60 bits per heavy atom. The third-order valence-electron chi connectivity index (χ3n) is 2.51. The highest BCUT2D eigenvalue weighted by Gasteiger charge is 2.33. The molecule has 102 valence electrons. The molecule has 1 fully saturated rings. The smallest absolute Gasteiger partial charge is 0.267 e. The van der Waals surface area contributed by atoms with Crippen molar-refractivity contribution in [2.45, 2.75) is 12.8 Å². The molecule has 10 heteroatoms. The first-order valence-corrected chi connectivity index (χ1v) is 5.45. The molecule has 1 aromatic rings. The first kappa shape index (κ1) is 13.4. The number of rotatable bonds is 3. The van der Waals surface area contributed by atoms with Gasteiger partial charge in [-0.3, -0.25) is 14.4 Å². The molecule has 1 aromatic heterocycles. The number of imide groups is 1. The molecule has 0 bridgehead atoms. The molecule has 0 atom stereocenters. The summed E-state index contributed by atoms with van der Waals surface area (Å²) >= 11 is 0. The Hall–Kier alpha value is -3.00. The normalized spacial score (nSPS) is 14.2. The van der Waals surface area contributed by atoms with E-state index in [0.29, 0.717) is 0 Å². The van der Waals surface area contributed by atoms with Gasteiger partial charge in [-0.05, 0) is 10.6 Å². The highest BCUT2D eigenvalue weighted by Crippen LogP contribution is 2.22. The maximum atomic E-state index is 11.6. The average molecular weight is 276 g/mol. The van der Waals surface area contributed by atoms with Crippen LogP contribution in [0, 0.1) is 0 Å². The summed E-state index contributed by atoms with van der Waals surface area (Å²) in [5.41, 5.74) is 7.97. The molecular formula is C10H8N6O4. The van der Waals surface area contributed by atoms with Crippen molar-refractivity contribution in [1.82, 2.24) is 9.97 Å². The number of amides is 3. The lowest BCUT2D eigenvalue weighted by atomic mass is 10.4. The number of anilines is 1. The zero-order valence-electron chi connectivity index (χ0n) is 10.3. The fourth-order valence-electron chi connectivity index (χ4n) is 1.62. The quantitative estimate of drug-likeness (QED) is 0.342. The lowest BCUT2D eigenvalue weighted by Gasteiger charge is -2.12. The first-order chi connectivity index (χ1) is 9.56. The molecule has 1 aliphatic rings. The third kappa shape index (κ3) is 2.40. The fourth-order valence-corrected chi connectivity index (χ4v) is 1.62. The molecule has 0 aliphatic carbocycles. The van der Waals surface area contributed by atoms with Gasteiger partial charge in [0.25, 0.3) is 5.91 Å². The molecule has 1 aliphatic heterocycles. The van der Waals surface area contributed by atoms with Crippen molar-refractivity contribution in [3.05, 3.63) is 22.2 Å². The maximum absolute atomic E-state index is 11.6. The van der Waals surface area contributed by atoms with Crippen molar-refractivity contribution < 1.29 is 19.1 Å². The first-order valence-electron chi connectivity index (χ1n) is 5.45. The number of nitrogens with zero attached hydrogens (tertiary/aromatic N) is 6. The monoisotopic (exact) mass is 276 g/mol. The van der Waals surface area contributed by atoms with Crippen LogP contribution in [0.4, 0.5) is 5.95 Å². The van der Waals surface area contributed by atoms with E-state index >= 15 is 0 Å². The predicted molar refractivity (Wildman–Crippen MR) is 63.8 cm³/mol. The third-order valence-corrected chi connectivity index (χ3v) is 2.51. The number of hydrogen-bond acceptors (Lipinski definition) is 6. The summed E-state index contributed by atoms with van der Waals surface area (Å²) in [4.78, 5) is 45.4. The van der Waals surface area contributed by atoms with E-state index in [9.17, 15) is 14.4 Å². The van der Waals surface area contributed by atoms with Gasteiger partial charge in [0.1, 0.15) is 5.69 Å². The summed E-state index contributed by atoms with van der Waals surface area (Å²) in [6, 6.07) is 1.14. The van der Waals surface area contributed by atoms with Gasteiger partial charge in [-0.1, -0.05) is 0 Å². The second-order valence-electron chi connectivity index (χ2n) is 3.71. The van der Waals surface area contributed by atoms with E-state index < -0.39 is 17.7 Å². The van der Waals surface area contributed by atoms with E-state index in [0.717, 1.165) is 11.0 Å². The van der Waals surface area contributed by atoms with Gasteiger partial charge in [0, 0.05) is 23.8 Å². The molecule has 10 nitrogen and oxygen atoms in total. The van der Waals surface area contributed by atoms with E-state index in [1.165, 1.54) is 7.11 Å². The number of methoxy groups -OCH3 is 1. The summed E-state index contributed by atoms with van der Waals surface area (Å²) in [5, 5.41) is 2.88. The molecule has 20 heavy (non-hydrogen) atoms. The summed E-state index contributed by atoms with van der Waals surface area (Å²) in [5.74, 6) is -2.20. The van der Waals surface area contributed by atoms with Gasteiger partial charge in [0.2, 0.25) is 23.6 Å². The topological polar surface area (TPSA) is 138 Å². The van der Waals surface area contributed by atoms with Crippen LogP contribution in [0.2, 0.25) is 0 Å². The van der Waals surface area contributed by atoms with Crippen LogP contribution in [0.3, 0.4) is 0 Å². The van der Waals surface area contributed by atoms with Crippen molar-refractivity contribution in [2.24, 2.45) is 5.11 Å². The average Bonchev–Trinajstić information content (AvgIpc) is 2.78. The van der Waals surface area contributed by atoms with Gasteiger partial charge in [-0.2, -0.15) is 4.98 Å². The number of carbonyl (C=O) groups is 3. The Morgan fingerprint density at radius 1 is 1.40 bits per heavy atom. The molecule has 2 rings (SSSR count). The van der Waals surface area contributed by atoms with Crippen LogP contribution in [-0.4, -0.2) is 34.8 Å². The van der Waals surface area contributed by atoms with E-state index in [1.807, 2.05) is 0 Å². The van der Waals surface area contributed by atoms with Crippen molar-refractivity contribution in [1.29, 1.82) is 0 Å². The summed E-state index contributed by atoms with van der Waals surface area (Å²) in [6.07, 6.45) is 0.109. The van der Waals surface area contributed by atoms with Crippen molar-refractivity contribution >= 4 is 23.7 Å². The molecule has 3 amide bonds. The second kappa shape index (κ2) is 5.33. The van der Waals surface area contributed by atoms with Gasteiger partial charge < -0.3 is 4.74 Å². The van der Waals surface area contributed by atoms with Gasteiger partial charge in [-0.15, -0.1) is 0 Å². The number of azide groups is 1. The Labute approximate surface area is 112 Å². The molecule has 0 spiro atoms. The zero-order chi connectivity index (χ0) is 14.7. The standard InChI is InChI=1S/C10H8N6O4/c1-20-6-4-5(9(19)14-15-11)12-10(13-6)16-7(17)2-3-8(16)18/h4H,2-3H2,1H3. The molecule has 2 heterocycles. The fraction of sp³-hybridized carbons (Fsp3) is 0.300. The molecule has 0 saturated carbocycles. The maximum Gasteiger partial charge on any atom is 0.267 e. The van der Waals surface area contributed by atoms with Gasteiger partial charge in [0.15, 0.2) is 0 Å². The molecule has 0 unspecified atom stereocenters. The molecular weight excluding hydrogens is 268 g/mol. The van der Waals surface area contributed by atoms with Crippen LogP contribution in [0.25, 0.3) is 10.4 Å². The predicted octanol–water partition coefficient (Wildman–Crippen LogP) is 0.589. The minimum Gasteiger partial charge on any atom is -0.481 e. The molecule has 0 N–H and O–H groups in total. The van der Waals surface area contributed by atoms with Gasteiger partial charge >= 0.3 is 0 Å². The van der Waals surface area contributed by atoms with Crippen LogP contribution >= 0.6 is 0 Å². The van der Waals surface area contributed by atoms with Crippen LogP contribution in [-0.2, 0) is 9.59 Å². The van der Waals surface area contributed by atoms with E-state index in [4.69, 9.17) is 10.3 Å². The summed E-state index contributed by atoms with van der Waals surface area (Å²) in [7, 11) is 1.29. The summed E-state index contributed by atoms with van der Waals surface area (Å²) < 4.78 is 4.87. The highest BCUT2D eigenvalue weighted by molar-refractivity contribution is 6.18. The Kier molecular flexibility index (Phi) is 3.58. The van der Waals surface area contributed by atoms with E-state index in [1.54, 1.807) is 0 Å². The van der Waals surface area contributed by atoms with E-state index in [2.05, 4.69) is 20.0 Å². The van der Waals surface area contributed by atoms with Crippen molar-refractivity contribution in [2.75, 3.05) is 12.0 Å². The number of carbonyl (C=O) groups excluding carboxylic acids is 3. The Bertz CT molecular complexity index is 635. The minimum absolute atomic E-state index is 0.0287. The van der Waals surface area contributed by atoms with E-state index in [-0.39, 0.29) is 30.4 Å². The van der Waals surface area contributed by atoms with Crippen molar-refractivity contribution in [3.63, 3.8) is 0 Å². The summed E-state index contributed by atoms with van der Waals surface area (Å²) in [6.45, 7) is 0. The van der Waals surface area contributed by atoms with Crippen LogP contribution in [0.1, 0.15) is 23.3 Å². The zero-order valence-corrected chi connectivity index (χ0v) is 10.3. The lowest BCUT2D eigenvalue weighted by molar-refractivity contribution is -0.121. The molecule has 1 saturated heterocycles. The van der Waals surface area contributed by atoms with Crippen LogP contribution in [0.5, 0.6) is 5.88 Å². The Morgan fingerprint density at radius 2 is 2.05 bits per heavy atom. The molecule has 0 aromatic carbocycles.